The number of hydrogen-bond acceptors (Lipinski definition) is 2. The molecule has 25 heavy (non-hydrogen) atoms. The number of rotatable bonds is 5. The molecule has 2 aromatic rings. The summed E-state index contributed by atoms with van der Waals surface area (Å²) >= 11 is 0. The van der Waals surface area contributed by atoms with Gasteiger partial charge in [-0.05, 0) is 50.1 Å². The van der Waals surface area contributed by atoms with Crippen molar-refractivity contribution in [2.45, 2.75) is 39.3 Å². The Morgan fingerprint density at radius 1 is 1.12 bits per heavy atom. The molecule has 0 N–H and O–H groups in total. The Bertz CT molecular complexity index is 756. The summed E-state index contributed by atoms with van der Waals surface area (Å²) in [5.74, 6) is 0.181. The van der Waals surface area contributed by atoms with Gasteiger partial charge in [0, 0.05) is 36.8 Å². The first-order chi connectivity index (χ1) is 12.1. The maximum absolute atomic E-state index is 13.1. The molecule has 0 saturated carbocycles. The predicted molar refractivity (Wildman–Crippen MR) is 99.5 cm³/mol. The second-order valence-corrected chi connectivity index (χ2v) is 6.72. The van der Waals surface area contributed by atoms with Gasteiger partial charge in [0.05, 0.1) is 0 Å². The number of hydrogen-bond donors (Lipinski definition) is 0. The summed E-state index contributed by atoms with van der Waals surface area (Å²) in [5.41, 5.74) is 2.54. The molecule has 3 rings (SSSR count). The summed E-state index contributed by atoms with van der Waals surface area (Å²) < 4.78 is 0. The van der Waals surface area contributed by atoms with E-state index in [0.717, 1.165) is 24.2 Å². The Morgan fingerprint density at radius 3 is 2.52 bits per heavy atom. The van der Waals surface area contributed by atoms with Crippen LogP contribution in [-0.2, 0) is 11.3 Å². The Labute approximate surface area is 149 Å². The van der Waals surface area contributed by atoms with Crippen molar-refractivity contribution in [3.63, 3.8) is 0 Å². The van der Waals surface area contributed by atoms with Crippen LogP contribution in [0.5, 0.6) is 0 Å². The number of benzene rings is 2. The van der Waals surface area contributed by atoms with E-state index in [1.807, 2.05) is 73.3 Å². The fourth-order valence-electron chi connectivity index (χ4n) is 3.27. The van der Waals surface area contributed by atoms with Crippen LogP contribution in [0.1, 0.15) is 42.6 Å². The summed E-state index contributed by atoms with van der Waals surface area (Å²) in [4.78, 5) is 28.6. The van der Waals surface area contributed by atoms with Gasteiger partial charge in [0.15, 0.2) is 0 Å². The topological polar surface area (TPSA) is 40.6 Å². The van der Waals surface area contributed by atoms with Crippen molar-refractivity contribution >= 4 is 17.5 Å². The molecule has 1 heterocycles. The van der Waals surface area contributed by atoms with E-state index in [1.54, 1.807) is 4.90 Å². The second kappa shape index (κ2) is 7.51. The first-order valence-electron chi connectivity index (χ1n) is 8.81. The lowest BCUT2D eigenvalue weighted by Crippen LogP contribution is -2.37. The molecule has 1 aliphatic rings. The lowest BCUT2D eigenvalue weighted by atomic mass is 10.1. The van der Waals surface area contributed by atoms with Gasteiger partial charge in [-0.1, -0.05) is 30.3 Å². The maximum Gasteiger partial charge on any atom is 0.258 e. The molecule has 0 aromatic heterocycles. The van der Waals surface area contributed by atoms with E-state index >= 15 is 0 Å². The normalized spacial score (nSPS) is 14.2. The second-order valence-electron chi connectivity index (χ2n) is 6.72. The van der Waals surface area contributed by atoms with E-state index in [9.17, 15) is 9.59 Å². The Morgan fingerprint density at radius 2 is 1.88 bits per heavy atom. The first-order valence-corrected chi connectivity index (χ1v) is 8.81. The highest BCUT2D eigenvalue weighted by molar-refractivity contribution is 6.06. The largest absolute Gasteiger partial charge is 0.338 e. The molecule has 0 spiro atoms. The third kappa shape index (κ3) is 3.90. The van der Waals surface area contributed by atoms with Crippen LogP contribution in [0, 0.1) is 0 Å². The van der Waals surface area contributed by atoms with Crippen LogP contribution in [0.2, 0.25) is 0 Å². The number of carbonyl (C=O) groups excluding carboxylic acids is 2. The van der Waals surface area contributed by atoms with Crippen molar-refractivity contribution in [2.24, 2.45) is 0 Å². The van der Waals surface area contributed by atoms with E-state index in [2.05, 4.69) is 0 Å². The van der Waals surface area contributed by atoms with Crippen molar-refractivity contribution in [3.05, 3.63) is 65.7 Å². The summed E-state index contributed by atoms with van der Waals surface area (Å²) in [5, 5.41) is 0. The molecule has 1 aliphatic heterocycles. The highest BCUT2D eigenvalue weighted by atomic mass is 16.2. The number of likely N-dealkylation sites (tertiary alicyclic amines) is 1. The van der Waals surface area contributed by atoms with Gasteiger partial charge in [-0.3, -0.25) is 9.59 Å². The summed E-state index contributed by atoms with van der Waals surface area (Å²) in [6.45, 7) is 5.40. The molecule has 2 amide bonds. The minimum absolute atomic E-state index is 0.0178. The van der Waals surface area contributed by atoms with Gasteiger partial charge in [0.1, 0.15) is 0 Å². The fraction of sp³-hybridized carbons (Fsp3) is 0.333. The molecule has 0 atom stereocenters. The average Bonchev–Trinajstić information content (AvgIpc) is 3.01. The Hall–Kier alpha value is -2.62. The molecular weight excluding hydrogens is 312 g/mol. The lowest BCUT2D eigenvalue weighted by molar-refractivity contribution is -0.128. The van der Waals surface area contributed by atoms with Crippen molar-refractivity contribution in [3.8, 4) is 0 Å². The zero-order valence-corrected chi connectivity index (χ0v) is 14.8. The third-order valence-corrected chi connectivity index (χ3v) is 4.49. The molecular formula is C21H24N2O2. The van der Waals surface area contributed by atoms with Crippen molar-refractivity contribution in [1.82, 2.24) is 4.90 Å². The lowest BCUT2D eigenvalue weighted by Gasteiger charge is -2.27. The monoisotopic (exact) mass is 336 g/mol. The van der Waals surface area contributed by atoms with Crippen molar-refractivity contribution in [1.29, 1.82) is 0 Å². The van der Waals surface area contributed by atoms with Gasteiger partial charge in [-0.15, -0.1) is 0 Å². The molecule has 1 fully saturated rings. The van der Waals surface area contributed by atoms with Crippen molar-refractivity contribution < 1.29 is 9.59 Å². The van der Waals surface area contributed by atoms with Gasteiger partial charge in [-0.2, -0.15) is 0 Å². The average molecular weight is 336 g/mol. The number of nitrogens with zero attached hydrogens (tertiary/aromatic N) is 2. The molecule has 1 saturated heterocycles. The summed E-state index contributed by atoms with van der Waals surface area (Å²) in [6, 6.07) is 17.4. The highest BCUT2D eigenvalue weighted by Gasteiger charge is 2.22. The molecule has 0 radical (unpaired) electrons. The molecule has 4 nitrogen and oxygen atoms in total. The molecule has 0 unspecified atom stereocenters. The van der Waals surface area contributed by atoms with Crippen LogP contribution < -0.4 is 4.90 Å². The van der Waals surface area contributed by atoms with E-state index in [1.165, 1.54) is 0 Å². The van der Waals surface area contributed by atoms with Gasteiger partial charge in [0.2, 0.25) is 5.91 Å². The van der Waals surface area contributed by atoms with Gasteiger partial charge in [0.25, 0.3) is 5.91 Å². The number of para-hydroxylation sites is 1. The smallest absolute Gasteiger partial charge is 0.258 e. The Kier molecular flexibility index (Phi) is 5.17. The Balaban J connectivity index is 1.83. The van der Waals surface area contributed by atoms with Crippen LogP contribution in [0.15, 0.2) is 54.6 Å². The highest BCUT2D eigenvalue weighted by Crippen LogP contribution is 2.21. The van der Waals surface area contributed by atoms with Crippen LogP contribution in [0.3, 0.4) is 0 Å². The number of anilines is 1. The number of carbonyl (C=O) groups is 2. The standard InChI is InChI=1S/C21H24N2O2/c1-16(2)23(19-10-4-3-5-11-19)21(25)18-9-6-8-17(14-18)15-22-13-7-12-20(22)24/h3-6,8-11,14,16H,7,12-13,15H2,1-2H3. The van der Waals surface area contributed by atoms with Gasteiger partial charge >= 0.3 is 0 Å². The molecule has 4 heteroatoms. The zero-order valence-electron chi connectivity index (χ0n) is 14.8. The maximum atomic E-state index is 13.1. The zero-order chi connectivity index (χ0) is 17.8. The summed E-state index contributed by atoms with van der Waals surface area (Å²) in [6.07, 6.45) is 1.56. The molecule has 0 aliphatic carbocycles. The quantitative estimate of drug-likeness (QED) is 0.832. The SMILES string of the molecule is CC(C)N(C(=O)c1cccc(CN2CCCC2=O)c1)c1ccccc1. The van der Waals surface area contributed by atoms with E-state index in [-0.39, 0.29) is 17.9 Å². The van der Waals surface area contributed by atoms with Gasteiger partial charge < -0.3 is 9.80 Å². The fourth-order valence-corrected chi connectivity index (χ4v) is 3.27. The van der Waals surface area contributed by atoms with Crippen LogP contribution in [0.4, 0.5) is 5.69 Å². The van der Waals surface area contributed by atoms with Crippen LogP contribution in [-0.4, -0.2) is 29.3 Å². The van der Waals surface area contributed by atoms with Crippen LogP contribution >= 0.6 is 0 Å². The first kappa shape index (κ1) is 17.2. The van der Waals surface area contributed by atoms with Gasteiger partial charge in [-0.25, -0.2) is 0 Å². The van der Waals surface area contributed by atoms with Crippen LogP contribution in [0.25, 0.3) is 0 Å². The number of amides is 2. The molecule has 0 bridgehead atoms. The summed E-state index contributed by atoms with van der Waals surface area (Å²) in [7, 11) is 0. The minimum atomic E-state index is -0.0178. The molecule has 2 aromatic carbocycles. The van der Waals surface area contributed by atoms with E-state index in [4.69, 9.17) is 0 Å². The van der Waals surface area contributed by atoms with Crippen molar-refractivity contribution in [2.75, 3.05) is 11.4 Å². The predicted octanol–water partition coefficient (Wildman–Crippen LogP) is 3.86. The van der Waals surface area contributed by atoms with E-state index < -0.39 is 0 Å². The van der Waals surface area contributed by atoms with E-state index in [0.29, 0.717) is 18.5 Å². The molecule has 130 valence electrons. The minimum Gasteiger partial charge on any atom is -0.338 e. The third-order valence-electron chi connectivity index (χ3n) is 4.49.